The van der Waals surface area contributed by atoms with Crippen molar-refractivity contribution in [3.8, 4) is 0 Å². The molecule has 1 heteroatoms. The van der Waals surface area contributed by atoms with Crippen LogP contribution in [0.2, 0.25) is 0 Å². The van der Waals surface area contributed by atoms with Crippen LogP contribution in [0.15, 0.2) is 11.1 Å². The summed E-state index contributed by atoms with van der Waals surface area (Å²) in [6.07, 6.45) is 5.04. The minimum Gasteiger partial charge on any atom is -0.395 e. The van der Waals surface area contributed by atoms with Crippen LogP contribution in [0.4, 0.5) is 0 Å². The summed E-state index contributed by atoms with van der Waals surface area (Å²) in [5, 5.41) is 9.07. The van der Waals surface area contributed by atoms with Gasteiger partial charge in [-0.3, -0.25) is 0 Å². The number of hydrogen-bond acceptors (Lipinski definition) is 1. The number of hydrogen-bond donors (Lipinski definition) is 1. The molecule has 2 aliphatic carbocycles. The molecule has 0 aliphatic heterocycles. The van der Waals surface area contributed by atoms with Gasteiger partial charge >= 0.3 is 0 Å². The summed E-state index contributed by atoms with van der Waals surface area (Å²) >= 11 is 0. The lowest BCUT2D eigenvalue weighted by molar-refractivity contribution is 0.234. The fourth-order valence-corrected chi connectivity index (χ4v) is 1.62. The van der Waals surface area contributed by atoms with Crippen molar-refractivity contribution in [3.05, 3.63) is 11.1 Å². The van der Waals surface area contributed by atoms with E-state index in [0.29, 0.717) is 6.61 Å². The van der Waals surface area contributed by atoms with Crippen molar-refractivity contribution in [2.24, 2.45) is 5.41 Å². The summed E-state index contributed by atoms with van der Waals surface area (Å²) < 4.78 is 0. The molecule has 0 heterocycles. The molecular weight excluding hydrogens is 124 g/mol. The van der Waals surface area contributed by atoms with Crippen molar-refractivity contribution in [2.45, 2.75) is 32.6 Å². The number of rotatable bonds is 2. The van der Waals surface area contributed by atoms with E-state index in [1.807, 2.05) is 0 Å². The molecule has 2 saturated carbocycles. The highest BCUT2D eigenvalue weighted by atomic mass is 16.3. The van der Waals surface area contributed by atoms with Crippen LogP contribution in [0, 0.1) is 5.41 Å². The van der Waals surface area contributed by atoms with Gasteiger partial charge in [-0.2, -0.15) is 0 Å². The molecule has 2 fully saturated rings. The van der Waals surface area contributed by atoms with E-state index in [1.54, 1.807) is 5.57 Å². The van der Waals surface area contributed by atoms with E-state index in [-0.39, 0.29) is 5.41 Å². The van der Waals surface area contributed by atoms with Crippen LogP contribution in [0.1, 0.15) is 32.6 Å². The Balaban J connectivity index is 2.17. The second-order valence-electron chi connectivity index (χ2n) is 3.67. The third kappa shape index (κ3) is 0.807. The van der Waals surface area contributed by atoms with Crippen LogP contribution in [-0.4, -0.2) is 11.7 Å². The van der Waals surface area contributed by atoms with E-state index in [9.17, 15) is 0 Å². The van der Waals surface area contributed by atoms with Crippen LogP contribution in [-0.2, 0) is 0 Å². The largest absolute Gasteiger partial charge is 0.395 e. The lowest BCUT2D eigenvalue weighted by Crippen LogP contribution is -2.07. The molecule has 10 heavy (non-hydrogen) atoms. The molecule has 1 nitrogen and oxygen atoms in total. The highest BCUT2D eigenvalue weighted by Gasteiger charge is 2.45. The van der Waals surface area contributed by atoms with Crippen molar-refractivity contribution in [1.29, 1.82) is 0 Å². The van der Waals surface area contributed by atoms with Crippen molar-refractivity contribution in [1.82, 2.24) is 0 Å². The second kappa shape index (κ2) is 1.85. The third-order valence-electron chi connectivity index (χ3n) is 2.98. The van der Waals surface area contributed by atoms with Crippen LogP contribution < -0.4 is 0 Å². The molecule has 0 bridgehead atoms. The smallest absolute Gasteiger partial charge is 0.0524 e. The predicted octanol–water partition coefficient (Wildman–Crippen LogP) is 1.87. The van der Waals surface area contributed by atoms with E-state index in [2.05, 4.69) is 6.92 Å². The van der Waals surface area contributed by atoms with Crippen LogP contribution in [0.5, 0.6) is 0 Å². The summed E-state index contributed by atoms with van der Waals surface area (Å²) in [7, 11) is 0. The van der Waals surface area contributed by atoms with E-state index < -0.39 is 0 Å². The predicted molar refractivity (Wildman–Crippen MR) is 40.7 cm³/mol. The third-order valence-corrected chi connectivity index (χ3v) is 2.98. The molecule has 0 radical (unpaired) electrons. The van der Waals surface area contributed by atoms with E-state index in [0.717, 1.165) is 0 Å². The van der Waals surface area contributed by atoms with E-state index >= 15 is 0 Å². The highest BCUT2D eigenvalue weighted by molar-refractivity contribution is 5.32. The van der Waals surface area contributed by atoms with Crippen molar-refractivity contribution in [3.63, 3.8) is 0 Å². The van der Waals surface area contributed by atoms with Gasteiger partial charge in [-0.15, -0.1) is 0 Å². The van der Waals surface area contributed by atoms with Gasteiger partial charge in [0.05, 0.1) is 6.61 Å². The van der Waals surface area contributed by atoms with Gasteiger partial charge in [0.2, 0.25) is 0 Å². The Morgan fingerprint density at radius 1 is 1.50 bits per heavy atom. The summed E-state index contributed by atoms with van der Waals surface area (Å²) in [5.74, 6) is 0. The SMILES string of the molecule is CC(=C1CC1)C1(CO)CC1. The topological polar surface area (TPSA) is 20.2 Å². The standard InChI is InChI=1S/C9H14O/c1-7(8-2-3-8)9(6-10)4-5-9/h10H,2-6H2,1H3. The fourth-order valence-electron chi connectivity index (χ4n) is 1.62. The molecule has 0 saturated heterocycles. The Morgan fingerprint density at radius 3 is 2.40 bits per heavy atom. The van der Waals surface area contributed by atoms with Crippen LogP contribution in [0.3, 0.4) is 0 Å². The Bertz CT molecular complexity index is 181. The quantitative estimate of drug-likeness (QED) is 0.577. The molecule has 1 N–H and O–H groups in total. The number of aliphatic hydroxyl groups excluding tert-OH is 1. The molecule has 0 atom stereocenters. The first kappa shape index (κ1) is 6.41. The zero-order valence-corrected chi connectivity index (χ0v) is 6.48. The number of aliphatic hydroxyl groups is 1. The van der Waals surface area contributed by atoms with Crippen molar-refractivity contribution in [2.75, 3.05) is 6.61 Å². The van der Waals surface area contributed by atoms with Crippen molar-refractivity contribution >= 4 is 0 Å². The van der Waals surface area contributed by atoms with Gasteiger partial charge < -0.3 is 5.11 Å². The minimum absolute atomic E-state index is 0.270. The first-order valence-corrected chi connectivity index (χ1v) is 4.08. The maximum Gasteiger partial charge on any atom is 0.0524 e. The zero-order chi connectivity index (χ0) is 7.19. The number of allylic oxidation sites excluding steroid dienone is 1. The maximum atomic E-state index is 9.07. The monoisotopic (exact) mass is 138 g/mol. The summed E-state index contributed by atoms with van der Waals surface area (Å²) in [6, 6.07) is 0. The molecule has 0 amide bonds. The van der Waals surface area contributed by atoms with Gasteiger partial charge in [0, 0.05) is 5.41 Å². The minimum atomic E-state index is 0.270. The fraction of sp³-hybridized carbons (Fsp3) is 0.778. The average molecular weight is 138 g/mol. The Kier molecular flexibility index (Phi) is 1.19. The molecule has 0 aromatic rings. The lowest BCUT2D eigenvalue weighted by atomic mass is 9.97. The zero-order valence-electron chi connectivity index (χ0n) is 6.48. The summed E-state index contributed by atoms with van der Waals surface area (Å²) in [5.41, 5.74) is 3.40. The van der Waals surface area contributed by atoms with Gasteiger partial charge in [0.15, 0.2) is 0 Å². The molecule has 0 spiro atoms. The first-order valence-electron chi connectivity index (χ1n) is 4.08. The van der Waals surface area contributed by atoms with Gasteiger partial charge in [-0.05, 0) is 32.6 Å². The van der Waals surface area contributed by atoms with Crippen LogP contribution >= 0.6 is 0 Å². The van der Waals surface area contributed by atoms with Gasteiger partial charge in [0.25, 0.3) is 0 Å². The Labute approximate surface area is 61.8 Å². The molecule has 2 rings (SSSR count). The average Bonchev–Trinajstić information content (AvgIpc) is 2.84. The van der Waals surface area contributed by atoms with Gasteiger partial charge in [0.1, 0.15) is 0 Å². The second-order valence-corrected chi connectivity index (χ2v) is 3.67. The van der Waals surface area contributed by atoms with E-state index in [1.165, 1.54) is 31.3 Å². The van der Waals surface area contributed by atoms with Crippen molar-refractivity contribution < 1.29 is 5.11 Å². The molecule has 0 unspecified atom stereocenters. The van der Waals surface area contributed by atoms with Gasteiger partial charge in [-0.25, -0.2) is 0 Å². The molecule has 56 valence electrons. The van der Waals surface area contributed by atoms with E-state index in [4.69, 9.17) is 5.11 Å². The Morgan fingerprint density at radius 2 is 2.10 bits per heavy atom. The molecule has 2 aliphatic rings. The Hall–Kier alpha value is -0.300. The molecule has 0 aromatic carbocycles. The lowest BCUT2D eigenvalue weighted by Gasteiger charge is -2.11. The summed E-state index contributed by atoms with van der Waals surface area (Å²) in [4.78, 5) is 0. The highest BCUT2D eigenvalue weighted by Crippen LogP contribution is 2.55. The summed E-state index contributed by atoms with van der Waals surface area (Å²) in [6.45, 7) is 2.58. The first-order chi connectivity index (χ1) is 4.78. The van der Waals surface area contributed by atoms with Gasteiger partial charge in [-0.1, -0.05) is 11.1 Å². The van der Waals surface area contributed by atoms with Crippen LogP contribution in [0.25, 0.3) is 0 Å². The maximum absolute atomic E-state index is 9.07. The molecular formula is C9H14O. The molecule has 0 aromatic heterocycles. The normalized spacial score (nSPS) is 26.4.